The smallest absolute Gasteiger partial charge is 0.0923 e. The van der Waals surface area contributed by atoms with Crippen LogP contribution in [0.25, 0.3) is 10.9 Å². The lowest BCUT2D eigenvalue weighted by Gasteiger charge is -2.07. The molecule has 72 valence electrons. The molecule has 0 saturated carbocycles. The molecule has 0 aliphatic carbocycles. The van der Waals surface area contributed by atoms with Crippen molar-refractivity contribution in [3.05, 3.63) is 30.5 Å². The lowest BCUT2D eigenvalue weighted by molar-refractivity contribution is 0.495. The fourth-order valence-electron chi connectivity index (χ4n) is 2.04. The zero-order valence-corrected chi connectivity index (χ0v) is 7.98. The van der Waals surface area contributed by atoms with E-state index in [-0.39, 0.29) is 0 Å². The Balaban J connectivity index is 2.05. The van der Waals surface area contributed by atoms with Crippen molar-refractivity contribution in [2.24, 2.45) is 0 Å². The van der Waals surface area contributed by atoms with Gasteiger partial charge in [0, 0.05) is 18.1 Å². The zero-order chi connectivity index (χ0) is 9.38. The highest BCUT2D eigenvalue weighted by Crippen LogP contribution is 2.18. The molecular formula is C11H13N3. The molecule has 3 rings (SSSR count). The summed E-state index contributed by atoms with van der Waals surface area (Å²) < 4.78 is 2.10. The Morgan fingerprint density at radius 2 is 2.29 bits per heavy atom. The number of nitrogens with zero attached hydrogens (tertiary/aromatic N) is 2. The van der Waals surface area contributed by atoms with Crippen LogP contribution in [0.2, 0.25) is 0 Å². The van der Waals surface area contributed by atoms with Gasteiger partial charge >= 0.3 is 0 Å². The summed E-state index contributed by atoms with van der Waals surface area (Å²) >= 11 is 0. The summed E-state index contributed by atoms with van der Waals surface area (Å²) in [7, 11) is 0. The number of rotatable bonds is 1. The number of benzene rings is 1. The van der Waals surface area contributed by atoms with Crippen LogP contribution in [0, 0.1) is 0 Å². The minimum atomic E-state index is 0.544. The molecule has 0 amide bonds. The van der Waals surface area contributed by atoms with Crippen LogP contribution in [0.1, 0.15) is 12.5 Å². The van der Waals surface area contributed by atoms with Gasteiger partial charge in [-0.3, -0.25) is 4.68 Å². The van der Waals surface area contributed by atoms with Crippen LogP contribution < -0.4 is 5.32 Å². The predicted molar refractivity (Wildman–Crippen MR) is 56.3 cm³/mol. The maximum Gasteiger partial charge on any atom is 0.0923 e. The third kappa shape index (κ3) is 1.21. The van der Waals surface area contributed by atoms with E-state index in [0.29, 0.717) is 6.04 Å². The normalized spacial score (nSPS) is 21.9. The Hall–Kier alpha value is -1.35. The van der Waals surface area contributed by atoms with E-state index >= 15 is 0 Å². The molecule has 3 heteroatoms. The summed E-state index contributed by atoms with van der Waals surface area (Å²) in [5.41, 5.74) is 1.10. The summed E-state index contributed by atoms with van der Waals surface area (Å²) in [5, 5.41) is 9.16. The third-order valence-corrected chi connectivity index (χ3v) is 2.84. The lowest BCUT2D eigenvalue weighted by atomic mass is 10.2. The van der Waals surface area contributed by atoms with Crippen LogP contribution in [0.4, 0.5) is 0 Å². The zero-order valence-electron chi connectivity index (χ0n) is 7.98. The fourth-order valence-corrected chi connectivity index (χ4v) is 2.04. The molecule has 0 bridgehead atoms. The van der Waals surface area contributed by atoms with Crippen molar-refractivity contribution in [2.45, 2.75) is 12.5 Å². The molecule has 1 aromatic carbocycles. The summed E-state index contributed by atoms with van der Waals surface area (Å²) in [6, 6.07) is 8.81. The first-order valence-corrected chi connectivity index (χ1v) is 5.08. The number of hydrogen-bond acceptors (Lipinski definition) is 2. The Kier molecular flexibility index (Phi) is 1.77. The number of aromatic nitrogens is 2. The second-order valence-corrected chi connectivity index (χ2v) is 3.81. The van der Waals surface area contributed by atoms with Crippen molar-refractivity contribution >= 4 is 10.9 Å². The molecule has 2 heterocycles. The van der Waals surface area contributed by atoms with Crippen molar-refractivity contribution in [3.63, 3.8) is 0 Å². The molecule has 0 radical (unpaired) electrons. The summed E-state index contributed by atoms with van der Waals surface area (Å²) in [4.78, 5) is 0. The molecule has 1 aliphatic heterocycles. The largest absolute Gasteiger partial charge is 0.315 e. The van der Waals surface area contributed by atoms with Crippen molar-refractivity contribution < 1.29 is 0 Å². The molecule has 1 fully saturated rings. The fraction of sp³-hybridized carbons (Fsp3) is 0.364. The van der Waals surface area contributed by atoms with Gasteiger partial charge in [0.2, 0.25) is 0 Å². The van der Waals surface area contributed by atoms with Crippen molar-refractivity contribution in [1.29, 1.82) is 0 Å². The van der Waals surface area contributed by atoms with Gasteiger partial charge in [-0.15, -0.1) is 0 Å². The van der Waals surface area contributed by atoms with Crippen LogP contribution in [0.15, 0.2) is 30.5 Å². The van der Waals surface area contributed by atoms with Crippen LogP contribution in [-0.2, 0) is 0 Å². The van der Waals surface area contributed by atoms with Crippen LogP contribution in [0.3, 0.4) is 0 Å². The van der Waals surface area contributed by atoms with E-state index in [2.05, 4.69) is 39.5 Å². The molecule has 1 N–H and O–H groups in total. The molecule has 3 nitrogen and oxygen atoms in total. The summed E-state index contributed by atoms with van der Waals surface area (Å²) in [6.45, 7) is 2.16. The summed E-state index contributed by atoms with van der Waals surface area (Å²) in [6.07, 6.45) is 3.33. The standard InChI is InChI=1S/C11H13N3/c1-2-4-11-9(3-1)8-14(13-11)10-5-6-12-7-10/h1-4,8,10,12H,5-7H2. The topological polar surface area (TPSA) is 29.9 Å². The number of hydrogen-bond donors (Lipinski definition) is 1. The van der Waals surface area contributed by atoms with Gasteiger partial charge < -0.3 is 5.32 Å². The minimum absolute atomic E-state index is 0.544. The van der Waals surface area contributed by atoms with Gasteiger partial charge in [0.1, 0.15) is 0 Å². The maximum atomic E-state index is 4.57. The molecule has 0 spiro atoms. The molecule has 1 unspecified atom stereocenters. The van der Waals surface area contributed by atoms with E-state index in [1.807, 2.05) is 6.07 Å². The number of fused-ring (bicyclic) bond motifs is 1. The second kappa shape index (κ2) is 3.10. The first kappa shape index (κ1) is 8.00. The molecule has 14 heavy (non-hydrogen) atoms. The molecule has 2 aromatic rings. The maximum absolute atomic E-state index is 4.57. The SMILES string of the molecule is c1ccc2nn(C3CCNC3)cc2c1. The van der Waals surface area contributed by atoms with Gasteiger partial charge in [-0.1, -0.05) is 18.2 Å². The Morgan fingerprint density at radius 1 is 1.36 bits per heavy atom. The molecule has 1 aliphatic rings. The van der Waals surface area contributed by atoms with Gasteiger partial charge in [0.25, 0.3) is 0 Å². The first-order chi connectivity index (χ1) is 6.93. The molecule has 1 aromatic heterocycles. The Bertz CT molecular complexity index is 407. The average Bonchev–Trinajstić information content (AvgIpc) is 2.86. The van der Waals surface area contributed by atoms with Gasteiger partial charge in [-0.05, 0) is 19.0 Å². The second-order valence-electron chi connectivity index (χ2n) is 3.81. The Morgan fingerprint density at radius 3 is 3.07 bits per heavy atom. The predicted octanol–water partition coefficient (Wildman–Crippen LogP) is 1.57. The highest BCUT2D eigenvalue weighted by atomic mass is 15.3. The highest BCUT2D eigenvalue weighted by Gasteiger charge is 2.16. The third-order valence-electron chi connectivity index (χ3n) is 2.84. The van der Waals surface area contributed by atoms with Crippen molar-refractivity contribution in [2.75, 3.05) is 13.1 Å². The monoisotopic (exact) mass is 187 g/mol. The van der Waals surface area contributed by atoms with Crippen LogP contribution >= 0.6 is 0 Å². The number of nitrogens with one attached hydrogen (secondary N) is 1. The van der Waals surface area contributed by atoms with E-state index in [4.69, 9.17) is 0 Å². The average molecular weight is 187 g/mol. The van der Waals surface area contributed by atoms with Crippen molar-refractivity contribution in [1.82, 2.24) is 15.1 Å². The first-order valence-electron chi connectivity index (χ1n) is 5.08. The van der Waals surface area contributed by atoms with Gasteiger partial charge in [0.05, 0.1) is 11.6 Å². The quantitative estimate of drug-likeness (QED) is 0.734. The van der Waals surface area contributed by atoms with E-state index in [9.17, 15) is 0 Å². The van der Waals surface area contributed by atoms with E-state index < -0.39 is 0 Å². The highest BCUT2D eigenvalue weighted by molar-refractivity contribution is 5.77. The minimum Gasteiger partial charge on any atom is -0.315 e. The van der Waals surface area contributed by atoms with Gasteiger partial charge in [-0.2, -0.15) is 5.10 Å². The van der Waals surface area contributed by atoms with E-state index in [0.717, 1.165) is 18.6 Å². The van der Waals surface area contributed by atoms with Crippen LogP contribution in [0.5, 0.6) is 0 Å². The van der Waals surface area contributed by atoms with Gasteiger partial charge in [0.15, 0.2) is 0 Å². The van der Waals surface area contributed by atoms with Crippen LogP contribution in [-0.4, -0.2) is 22.9 Å². The summed E-state index contributed by atoms with van der Waals surface area (Å²) in [5.74, 6) is 0. The van der Waals surface area contributed by atoms with Crippen molar-refractivity contribution in [3.8, 4) is 0 Å². The lowest BCUT2D eigenvalue weighted by Crippen LogP contribution is -2.13. The molecule has 1 saturated heterocycles. The van der Waals surface area contributed by atoms with E-state index in [1.54, 1.807) is 0 Å². The van der Waals surface area contributed by atoms with Gasteiger partial charge in [-0.25, -0.2) is 0 Å². The Labute approximate surface area is 82.7 Å². The molecular weight excluding hydrogens is 174 g/mol. The van der Waals surface area contributed by atoms with E-state index in [1.165, 1.54) is 11.8 Å². The molecule has 1 atom stereocenters.